The van der Waals surface area contributed by atoms with Crippen LogP contribution in [0.1, 0.15) is 0 Å². The fourth-order valence-electron chi connectivity index (χ4n) is 1.89. The van der Waals surface area contributed by atoms with Gasteiger partial charge in [-0.15, -0.1) is 0 Å². The Labute approximate surface area is 116 Å². The van der Waals surface area contributed by atoms with E-state index in [4.69, 9.17) is 9.47 Å². The highest BCUT2D eigenvalue weighted by molar-refractivity contribution is 7.92. The molecule has 20 heavy (non-hydrogen) atoms. The van der Waals surface area contributed by atoms with Crippen molar-refractivity contribution in [1.82, 2.24) is 4.98 Å². The van der Waals surface area contributed by atoms with E-state index in [1.54, 1.807) is 18.3 Å². The molecule has 6 nitrogen and oxygen atoms in total. The average molecular weight is 292 g/mol. The van der Waals surface area contributed by atoms with Gasteiger partial charge in [-0.25, -0.2) is 13.4 Å². The predicted molar refractivity (Wildman–Crippen MR) is 74.3 cm³/mol. The molecule has 1 aromatic carbocycles. The normalized spacial score (nSPS) is 13.2. The lowest BCUT2D eigenvalue weighted by molar-refractivity contribution is 0.174. The number of hydrogen-bond donors (Lipinski definition) is 1. The second-order valence-electron chi connectivity index (χ2n) is 4.37. The van der Waals surface area contributed by atoms with Crippen LogP contribution in [0.4, 0.5) is 5.82 Å². The molecule has 0 atom stereocenters. The standard InChI is InChI=1S/C13H12N2O4S/c1-20(16,17)15-13-5-3-10(7-14-13)9-2-4-11-12(6-9)19-8-18-11/h2-7H,8H2,1H3,(H,14,15). The molecule has 1 aromatic heterocycles. The Morgan fingerprint density at radius 1 is 1.10 bits per heavy atom. The van der Waals surface area contributed by atoms with Gasteiger partial charge in [0.15, 0.2) is 11.5 Å². The molecule has 104 valence electrons. The van der Waals surface area contributed by atoms with Crippen molar-refractivity contribution in [3.05, 3.63) is 36.5 Å². The lowest BCUT2D eigenvalue weighted by Gasteiger charge is -2.05. The average Bonchev–Trinajstić information content (AvgIpc) is 2.85. The summed E-state index contributed by atoms with van der Waals surface area (Å²) in [6.45, 7) is 0.230. The monoisotopic (exact) mass is 292 g/mol. The van der Waals surface area contributed by atoms with Crippen molar-refractivity contribution < 1.29 is 17.9 Å². The van der Waals surface area contributed by atoms with Crippen LogP contribution in [0.5, 0.6) is 11.5 Å². The number of rotatable bonds is 3. The number of nitrogens with one attached hydrogen (secondary N) is 1. The first-order chi connectivity index (χ1) is 9.51. The molecule has 0 bridgehead atoms. The molecule has 1 aliphatic heterocycles. The second kappa shape index (κ2) is 4.68. The van der Waals surface area contributed by atoms with Gasteiger partial charge in [0.05, 0.1) is 6.26 Å². The molecule has 0 fully saturated rings. The minimum atomic E-state index is -3.31. The largest absolute Gasteiger partial charge is 0.454 e. The van der Waals surface area contributed by atoms with Crippen LogP contribution in [0.15, 0.2) is 36.5 Å². The van der Waals surface area contributed by atoms with E-state index < -0.39 is 10.0 Å². The smallest absolute Gasteiger partial charge is 0.231 e. The molecule has 7 heteroatoms. The molecule has 0 spiro atoms. The summed E-state index contributed by atoms with van der Waals surface area (Å²) in [7, 11) is -3.31. The summed E-state index contributed by atoms with van der Waals surface area (Å²) in [5.74, 6) is 1.70. The van der Waals surface area contributed by atoms with E-state index in [2.05, 4.69) is 9.71 Å². The lowest BCUT2D eigenvalue weighted by atomic mass is 10.1. The van der Waals surface area contributed by atoms with Gasteiger partial charge in [0, 0.05) is 11.8 Å². The van der Waals surface area contributed by atoms with Crippen molar-refractivity contribution in [2.24, 2.45) is 0 Å². The zero-order valence-electron chi connectivity index (χ0n) is 10.7. The van der Waals surface area contributed by atoms with E-state index in [9.17, 15) is 8.42 Å². The summed E-state index contributed by atoms with van der Waals surface area (Å²) in [6, 6.07) is 9.00. The van der Waals surface area contributed by atoms with Gasteiger partial charge in [-0.3, -0.25) is 4.72 Å². The predicted octanol–water partition coefficient (Wildman–Crippen LogP) is 1.85. The fourth-order valence-corrected chi connectivity index (χ4v) is 2.39. The number of fused-ring (bicyclic) bond motifs is 1. The quantitative estimate of drug-likeness (QED) is 0.934. The third-order valence-electron chi connectivity index (χ3n) is 2.76. The highest BCUT2D eigenvalue weighted by Gasteiger charge is 2.14. The maximum Gasteiger partial charge on any atom is 0.231 e. The molecular formula is C13H12N2O4S. The summed E-state index contributed by atoms with van der Waals surface area (Å²) in [5.41, 5.74) is 1.79. The fraction of sp³-hybridized carbons (Fsp3) is 0.154. The first-order valence-corrected chi connectivity index (χ1v) is 7.74. The summed E-state index contributed by atoms with van der Waals surface area (Å²) < 4.78 is 35.1. The van der Waals surface area contributed by atoms with E-state index in [1.165, 1.54) is 0 Å². The third kappa shape index (κ3) is 2.67. The third-order valence-corrected chi connectivity index (χ3v) is 3.34. The van der Waals surface area contributed by atoms with Gasteiger partial charge in [-0.2, -0.15) is 0 Å². The van der Waals surface area contributed by atoms with Gasteiger partial charge < -0.3 is 9.47 Å². The van der Waals surface area contributed by atoms with Crippen molar-refractivity contribution in [1.29, 1.82) is 0 Å². The number of sulfonamides is 1. The van der Waals surface area contributed by atoms with E-state index >= 15 is 0 Å². The number of anilines is 1. The lowest BCUT2D eigenvalue weighted by Crippen LogP contribution is -2.10. The Balaban J connectivity index is 1.88. The summed E-state index contributed by atoms with van der Waals surface area (Å²) >= 11 is 0. The molecule has 0 aliphatic carbocycles. The maximum absolute atomic E-state index is 11.1. The van der Waals surface area contributed by atoms with E-state index in [0.29, 0.717) is 5.75 Å². The molecule has 0 amide bonds. The molecule has 0 radical (unpaired) electrons. The van der Waals surface area contributed by atoms with Crippen LogP contribution in [0.3, 0.4) is 0 Å². The molecule has 0 saturated heterocycles. The Bertz CT molecular complexity index is 741. The van der Waals surface area contributed by atoms with E-state index in [1.807, 2.05) is 18.2 Å². The van der Waals surface area contributed by atoms with Crippen LogP contribution in [0.2, 0.25) is 0 Å². The van der Waals surface area contributed by atoms with Crippen molar-refractivity contribution >= 4 is 15.8 Å². The Morgan fingerprint density at radius 2 is 1.85 bits per heavy atom. The maximum atomic E-state index is 11.1. The molecule has 0 unspecified atom stereocenters. The minimum Gasteiger partial charge on any atom is -0.454 e. The van der Waals surface area contributed by atoms with Crippen LogP contribution in [-0.2, 0) is 10.0 Å². The number of nitrogens with zero attached hydrogens (tertiary/aromatic N) is 1. The molecule has 2 aromatic rings. The minimum absolute atomic E-state index is 0.230. The van der Waals surface area contributed by atoms with Crippen molar-refractivity contribution in [3.63, 3.8) is 0 Å². The zero-order chi connectivity index (χ0) is 14.2. The first-order valence-electron chi connectivity index (χ1n) is 5.85. The number of ether oxygens (including phenoxy) is 2. The number of hydrogen-bond acceptors (Lipinski definition) is 5. The summed E-state index contributed by atoms with van der Waals surface area (Å²) in [5, 5.41) is 0. The van der Waals surface area contributed by atoms with Crippen molar-refractivity contribution in [2.75, 3.05) is 17.8 Å². The van der Waals surface area contributed by atoms with Gasteiger partial charge in [0.1, 0.15) is 5.82 Å². The van der Waals surface area contributed by atoms with Crippen LogP contribution < -0.4 is 14.2 Å². The van der Waals surface area contributed by atoms with Gasteiger partial charge in [0.25, 0.3) is 0 Å². The zero-order valence-corrected chi connectivity index (χ0v) is 11.5. The summed E-state index contributed by atoms with van der Waals surface area (Å²) in [6.07, 6.45) is 2.69. The number of aromatic nitrogens is 1. The van der Waals surface area contributed by atoms with Crippen LogP contribution >= 0.6 is 0 Å². The van der Waals surface area contributed by atoms with Crippen LogP contribution in [0, 0.1) is 0 Å². The molecular weight excluding hydrogens is 280 g/mol. The van der Waals surface area contributed by atoms with E-state index in [-0.39, 0.29) is 12.6 Å². The Morgan fingerprint density at radius 3 is 2.55 bits per heavy atom. The number of benzene rings is 1. The second-order valence-corrected chi connectivity index (χ2v) is 6.12. The van der Waals surface area contributed by atoms with Crippen LogP contribution in [-0.4, -0.2) is 26.5 Å². The molecule has 1 aliphatic rings. The molecule has 2 heterocycles. The van der Waals surface area contributed by atoms with Crippen LogP contribution in [0.25, 0.3) is 11.1 Å². The number of pyridine rings is 1. The van der Waals surface area contributed by atoms with Gasteiger partial charge in [-0.05, 0) is 29.8 Å². The van der Waals surface area contributed by atoms with Crippen molar-refractivity contribution in [3.8, 4) is 22.6 Å². The van der Waals surface area contributed by atoms with Gasteiger partial charge >= 0.3 is 0 Å². The highest BCUT2D eigenvalue weighted by Crippen LogP contribution is 2.35. The highest BCUT2D eigenvalue weighted by atomic mass is 32.2. The Kier molecular flexibility index (Phi) is 2.98. The SMILES string of the molecule is CS(=O)(=O)Nc1ccc(-c2ccc3c(c2)OCO3)cn1. The van der Waals surface area contributed by atoms with Crippen molar-refractivity contribution in [2.45, 2.75) is 0 Å². The van der Waals surface area contributed by atoms with Gasteiger partial charge in [0.2, 0.25) is 16.8 Å². The van der Waals surface area contributed by atoms with Gasteiger partial charge in [-0.1, -0.05) is 6.07 Å². The van der Waals surface area contributed by atoms with E-state index in [0.717, 1.165) is 23.1 Å². The molecule has 1 N–H and O–H groups in total. The molecule has 0 saturated carbocycles. The Hall–Kier alpha value is -2.28. The first kappa shape index (κ1) is 12.7. The topological polar surface area (TPSA) is 77.5 Å². The summed E-state index contributed by atoms with van der Waals surface area (Å²) in [4.78, 5) is 4.07. The molecule has 3 rings (SSSR count).